The molecule has 2 aromatic rings. The van der Waals surface area contributed by atoms with E-state index in [2.05, 4.69) is 47.9 Å². The largest absolute Gasteiger partial charge is 0.249 e. The van der Waals surface area contributed by atoms with E-state index in [1.54, 1.807) is 11.8 Å². The van der Waals surface area contributed by atoms with Gasteiger partial charge in [-0.3, -0.25) is 0 Å². The highest BCUT2D eigenvalue weighted by molar-refractivity contribution is 8.39. The molecule has 2 aliphatic rings. The average molecular weight is 391 g/mol. The summed E-state index contributed by atoms with van der Waals surface area (Å²) in [4.78, 5) is 12.0. The molecule has 0 N–H and O–H groups in total. The van der Waals surface area contributed by atoms with E-state index in [9.17, 15) is 0 Å². The number of rotatable bonds is 6. The van der Waals surface area contributed by atoms with Gasteiger partial charge in [-0.1, -0.05) is 48.6 Å². The number of hydrogen-bond donors (Lipinski definition) is 0. The highest BCUT2D eigenvalue weighted by Gasteiger charge is 2.21. The molecular formula is C18H18N2S4. The zero-order valence-corrected chi connectivity index (χ0v) is 16.7. The standard InChI is InChI=1S/C18H18N2S4/c1-2-3-8-21-9-10-22-18-20-13-5-6-14-16-12(19-11-23-14)4-7-15(24-18)17(13)16/h4-7,11H,2-3,8-10H2,1H3. The zero-order valence-electron chi connectivity index (χ0n) is 13.4. The molecule has 0 unspecified atom stereocenters. The topological polar surface area (TPSA) is 24.7 Å². The summed E-state index contributed by atoms with van der Waals surface area (Å²) < 4.78 is 1.17. The van der Waals surface area contributed by atoms with Crippen molar-refractivity contribution in [1.82, 2.24) is 0 Å². The van der Waals surface area contributed by atoms with Gasteiger partial charge in [-0.05, 0) is 36.4 Å². The van der Waals surface area contributed by atoms with Gasteiger partial charge in [0.2, 0.25) is 0 Å². The highest BCUT2D eigenvalue weighted by atomic mass is 32.2. The third-order valence-electron chi connectivity index (χ3n) is 3.92. The molecule has 0 aromatic heterocycles. The second-order valence-corrected chi connectivity index (χ2v) is 10.0. The summed E-state index contributed by atoms with van der Waals surface area (Å²) in [6.45, 7) is 2.25. The lowest BCUT2D eigenvalue weighted by molar-refractivity contribution is 0.896. The molecule has 124 valence electrons. The molecule has 0 saturated heterocycles. The summed E-state index contributed by atoms with van der Waals surface area (Å²) in [6, 6.07) is 8.69. The lowest BCUT2D eigenvalue weighted by atomic mass is 10.1. The molecule has 0 saturated carbocycles. The van der Waals surface area contributed by atoms with Crippen molar-refractivity contribution in [2.75, 3.05) is 17.3 Å². The fourth-order valence-corrected chi connectivity index (χ4v) is 6.86. The average Bonchev–Trinajstić information content (AvgIpc) is 2.62. The van der Waals surface area contributed by atoms with E-state index in [1.165, 1.54) is 49.3 Å². The van der Waals surface area contributed by atoms with Crippen LogP contribution in [0, 0.1) is 0 Å². The number of thioether (sulfide) groups is 4. The zero-order chi connectivity index (χ0) is 16.4. The van der Waals surface area contributed by atoms with Crippen LogP contribution in [0.15, 0.2) is 44.0 Å². The van der Waals surface area contributed by atoms with Gasteiger partial charge in [-0.25, -0.2) is 9.98 Å². The second kappa shape index (κ2) is 7.77. The minimum absolute atomic E-state index is 1.07. The first-order valence-electron chi connectivity index (χ1n) is 8.13. The Morgan fingerprint density at radius 3 is 2.71 bits per heavy atom. The molecule has 0 spiro atoms. The lowest BCUT2D eigenvalue weighted by Crippen LogP contribution is -1.97. The molecule has 2 heterocycles. The van der Waals surface area contributed by atoms with Crippen molar-refractivity contribution in [3.63, 3.8) is 0 Å². The molecule has 6 heteroatoms. The van der Waals surface area contributed by atoms with Crippen molar-refractivity contribution < 1.29 is 0 Å². The van der Waals surface area contributed by atoms with E-state index in [1.807, 2.05) is 29.1 Å². The first-order chi connectivity index (χ1) is 11.9. The lowest BCUT2D eigenvalue weighted by Gasteiger charge is -2.20. The Bertz CT molecular complexity index is 829. The normalized spacial score (nSPS) is 15.0. The molecule has 24 heavy (non-hydrogen) atoms. The molecule has 0 fully saturated rings. The monoisotopic (exact) mass is 390 g/mol. The highest BCUT2D eigenvalue weighted by Crippen LogP contribution is 2.49. The number of aliphatic imine (C=N–C) groups is 2. The van der Waals surface area contributed by atoms with E-state index in [4.69, 9.17) is 4.99 Å². The molecule has 0 atom stereocenters. The van der Waals surface area contributed by atoms with Crippen molar-refractivity contribution in [3.05, 3.63) is 24.3 Å². The molecule has 2 aromatic carbocycles. The van der Waals surface area contributed by atoms with Crippen LogP contribution in [0.5, 0.6) is 0 Å². The Labute approximate surface area is 159 Å². The maximum atomic E-state index is 4.91. The van der Waals surface area contributed by atoms with E-state index >= 15 is 0 Å². The number of benzene rings is 2. The van der Waals surface area contributed by atoms with Crippen LogP contribution in [-0.2, 0) is 0 Å². The summed E-state index contributed by atoms with van der Waals surface area (Å²) in [5.41, 5.74) is 4.10. The van der Waals surface area contributed by atoms with Gasteiger partial charge in [-0.15, -0.1) is 0 Å². The van der Waals surface area contributed by atoms with E-state index in [-0.39, 0.29) is 0 Å². The van der Waals surface area contributed by atoms with Gasteiger partial charge in [-0.2, -0.15) is 11.8 Å². The maximum absolute atomic E-state index is 4.91. The Morgan fingerprint density at radius 2 is 1.79 bits per heavy atom. The molecule has 2 aliphatic heterocycles. The smallest absolute Gasteiger partial charge is 0.135 e. The molecule has 2 nitrogen and oxygen atoms in total. The van der Waals surface area contributed by atoms with Crippen molar-refractivity contribution in [1.29, 1.82) is 0 Å². The van der Waals surface area contributed by atoms with Crippen molar-refractivity contribution in [2.24, 2.45) is 9.98 Å². The fourth-order valence-electron chi connectivity index (χ4n) is 2.73. The minimum atomic E-state index is 1.07. The van der Waals surface area contributed by atoms with Crippen molar-refractivity contribution >= 4 is 79.1 Å². The van der Waals surface area contributed by atoms with Gasteiger partial charge < -0.3 is 0 Å². The molecule has 0 radical (unpaired) electrons. The molecule has 0 aliphatic carbocycles. The van der Waals surface area contributed by atoms with Crippen LogP contribution in [0.3, 0.4) is 0 Å². The molecule has 0 amide bonds. The maximum Gasteiger partial charge on any atom is 0.135 e. The Hall–Kier alpha value is -0.560. The predicted octanol–water partition coefficient (Wildman–Crippen LogP) is 6.97. The second-order valence-electron chi connectivity index (χ2n) is 5.56. The number of hydrogen-bond acceptors (Lipinski definition) is 6. The molecule has 4 rings (SSSR count). The summed E-state index contributed by atoms with van der Waals surface area (Å²) in [5, 5.41) is 2.55. The third-order valence-corrected chi connectivity index (χ3v) is 8.23. The van der Waals surface area contributed by atoms with Gasteiger partial charge in [0, 0.05) is 32.1 Å². The SMILES string of the molecule is CCCCSCCSC1=Nc2ccc3c4c(ccc(c24)S1)N=CS3. The first-order valence-corrected chi connectivity index (χ1v) is 12.0. The fraction of sp³-hybridized carbons (Fsp3) is 0.333. The molecular weight excluding hydrogens is 372 g/mol. The van der Waals surface area contributed by atoms with Crippen LogP contribution in [0.4, 0.5) is 11.4 Å². The van der Waals surface area contributed by atoms with E-state index in [0.717, 1.165) is 17.1 Å². The minimum Gasteiger partial charge on any atom is -0.249 e. The van der Waals surface area contributed by atoms with Gasteiger partial charge in [0.05, 0.1) is 16.9 Å². The van der Waals surface area contributed by atoms with Crippen LogP contribution in [0.1, 0.15) is 19.8 Å². The molecule has 0 bridgehead atoms. The van der Waals surface area contributed by atoms with Crippen LogP contribution in [-0.4, -0.2) is 27.2 Å². The van der Waals surface area contributed by atoms with Crippen molar-refractivity contribution in [2.45, 2.75) is 29.6 Å². The van der Waals surface area contributed by atoms with Gasteiger partial charge in [0.1, 0.15) is 4.38 Å². The Balaban J connectivity index is 1.53. The first kappa shape index (κ1) is 16.9. The Morgan fingerprint density at radius 1 is 0.958 bits per heavy atom. The predicted molar refractivity (Wildman–Crippen MR) is 116 cm³/mol. The van der Waals surface area contributed by atoms with Crippen molar-refractivity contribution in [3.8, 4) is 0 Å². The Kier molecular flexibility index (Phi) is 5.46. The van der Waals surface area contributed by atoms with Gasteiger partial charge in [0.25, 0.3) is 0 Å². The third kappa shape index (κ3) is 3.39. The van der Waals surface area contributed by atoms with Crippen LogP contribution in [0.25, 0.3) is 10.8 Å². The summed E-state index contributed by atoms with van der Waals surface area (Å²) in [6.07, 6.45) is 2.61. The van der Waals surface area contributed by atoms with Gasteiger partial charge in [0.15, 0.2) is 0 Å². The van der Waals surface area contributed by atoms with Gasteiger partial charge >= 0.3 is 0 Å². The summed E-state index contributed by atoms with van der Waals surface area (Å²) in [5.74, 6) is 3.62. The summed E-state index contributed by atoms with van der Waals surface area (Å²) >= 11 is 7.46. The van der Waals surface area contributed by atoms with E-state index < -0.39 is 0 Å². The van der Waals surface area contributed by atoms with Crippen LogP contribution < -0.4 is 0 Å². The number of unbranched alkanes of at least 4 members (excludes halogenated alkanes) is 1. The quantitative estimate of drug-likeness (QED) is 0.497. The number of nitrogens with zero attached hydrogens (tertiary/aromatic N) is 2. The van der Waals surface area contributed by atoms with E-state index in [0.29, 0.717) is 0 Å². The van der Waals surface area contributed by atoms with Crippen LogP contribution >= 0.6 is 47.0 Å². The van der Waals surface area contributed by atoms with Crippen LogP contribution in [0.2, 0.25) is 0 Å². The summed E-state index contributed by atoms with van der Waals surface area (Å²) in [7, 11) is 0.